The van der Waals surface area contributed by atoms with Crippen molar-refractivity contribution in [2.24, 2.45) is 0 Å². The molecular formula is C28H31N3O4. The monoisotopic (exact) mass is 473 g/mol. The minimum absolute atomic E-state index is 0.288. The number of ketones is 1. The second-order valence-electron chi connectivity index (χ2n) is 8.44. The highest BCUT2D eigenvalue weighted by atomic mass is 16.4. The average molecular weight is 474 g/mol. The Labute approximate surface area is 205 Å². The summed E-state index contributed by atoms with van der Waals surface area (Å²) in [7, 11) is 0. The smallest absolute Gasteiger partial charge is 0.335 e. The lowest BCUT2D eigenvalue weighted by Gasteiger charge is -2.26. The van der Waals surface area contributed by atoms with Crippen LogP contribution in [0.1, 0.15) is 52.9 Å². The molecule has 0 saturated carbocycles. The van der Waals surface area contributed by atoms with Gasteiger partial charge in [-0.2, -0.15) is 0 Å². The maximum absolute atomic E-state index is 13.2. The fraction of sp³-hybridized carbons (Fsp3) is 0.286. The van der Waals surface area contributed by atoms with E-state index in [9.17, 15) is 19.5 Å². The van der Waals surface area contributed by atoms with Gasteiger partial charge in [-0.05, 0) is 73.6 Å². The van der Waals surface area contributed by atoms with E-state index in [1.54, 1.807) is 25.4 Å². The number of amides is 1. The second-order valence-corrected chi connectivity index (χ2v) is 8.44. The van der Waals surface area contributed by atoms with Crippen LogP contribution in [-0.4, -0.2) is 39.2 Å². The zero-order chi connectivity index (χ0) is 25.5. The summed E-state index contributed by atoms with van der Waals surface area (Å²) in [5.41, 5.74) is 5.44. The van der Waals surface area contributed by atoms with E-state index in [1.165, 1.54) is 0 Å². The van der Waals surface area contributed by atoms with Crippen molar-refractivity contribution in [3.8, 4) is 0 Å². The topological polar surface area (TPSA) is 99.6 Å². The third-order valence-electron chi connectivity index (χ3n) is 6.08. The molecule has 3 rings (SSSR count). The van der Waals surface area contributed by atoms with Crippen LogP contribution in [0.2, 0.25) is 0 Å². The maximum Gasteiger partial charge on any atom is 0.335 e. The summed E-state index contributed by atoms with van der Waals surface area (Å²) in [5.74, 6) is -2.17. The number of pyridine rings is 1. The molecule has 0 atom stereocenters. The average Bonchev–Trinajstić information content (AvgIpc) is 2.84. The number of nitrogens with one attached hydrogen (secondary N) is 1. The van der Waals surface area contributed by atoms with Gasteiger partial charge < -0.3 is 15.3 Å². The van der Waals surface area contributed by atoms with Gasteiger partial charge in [-0.25, -0.2) is 4.79 Å². The predicted octanol–water partition coefficient (Wildman–Crippen LogP) is 4.76. The van der Waals surface area contributed by atoms with Crippen LogP contribution in [0.4, 0.5) is 5.69 Å². The van der Waals surface area contributed by atoms with Gasteiger partial charge in [0.15, 0.2) is 0 Å². The Kier molecular flexibility index (Phi) is 8.36. The molecule has 182 valence electrons. The van der Waals surface area contributed by atoms with E-state index in [2.05, 4.69) is 10.3 Å². The Morgan fingerprint density at radius 2 is 1.83 bits per heavy atom. The van der Waals surface area contributed by atoms with Crippen LogP contribution < -0.4 is 5.32 Å². The van der Waals surface area contributed by atoms with Crippen molar-refractivity contribution < 1.29 is 19.5 Å². The van der Waals surface area contributed by atoms with E-state index in [4.69, 9.17) is 0 Å². The number of carbonyl (C=O) groups excluding carboxylic acids is 2. The second kappa shape index (κ2) is 11.4. The number of benzene rings is 1. The summed E-state index contributed by atoms with van der Waals surface area (Å²) in [6.45, 7) is 8.04. The van der Waals surface area contributed by atoms with Crippen molar-refractivity contribution in [3.63, 3.8) is 0 Å². The summed E-state index contributed by atoms with van der Waals surface area (Å²) in [6, 6.07) is 5.30. The number of aromatic nitrogens is 1. The summed E-state index contributed by atoms with van der Waals surface area (Å²) in [6.07, 6.45) is 12.6. The van der Waals surface area contributed by atoms with Crippen molar-refractivity contribution in [2.75, 3.05) is 11.9 Å². The van der Waals surface area contributed by atoms with Crippen LogP contribution in [0.3, 0.4) is 0 Å². The maximum atomic E-state index is 13.2. The molecule has 1 amide bonds. The lowest BCUT2D eigenvalue weighted by Crippen LogP contribution is -2.29. The van der Waals surface area contributed by atoms with Crippen LogP contribution in [0.5, 0.6) is 0 Å². The van der Waals surface area contributed by atoms with Gasteiger partial charge in [-0.1, -0.05) is 32.1 Å². The molecule has 1 aromatic heterocycles. The lowest BCUT2D eigenvalue weighted by molar-refractivity contribution is -0.132. The zero-order valence-corrected chi connectivity index (χ0v) is 20.6. The number of anilines is 1. The third-order valence-corrected chi connectivity index (χ3v) is 6.08. The molecule has 2 heterocycles. The first kappa shape index (κ1) is 25.6. The van der Waals surface area contributed by atoms with Crippen LogP contribution >= 0.6 is 0 Å². The highest BCUT2D eigenvalue weighted by molar-refractivity contribution is 6.46. The molecule has 35 heavy (non-hydrogen) atoms. The molecule has 1 aromatic carbocycles. The van der Waals surface area contributed by atoms with Crippen LogP contribution in [0.15, 0.2) is 66.3 Å². The number of carboxylic acid groups (broad SMARTS) is 1. The minimum Gasteiger partial charge on any atom is -0.478 e. The number of hydrogen-bond acceptors (Lipinski definition) is 5. The zero-order valence-electron chi connectivity index (χ0n) is 20.6. The number of hydrogen-bond donors (Lipinski definition) is 2. The lowest BCUT2D eigenvalue weighted by atomic mass is 10.0. The highest BCUT2D eigenvalue weighted by Crippen LogP contribution is 2.24. The molecule has 2 aromatic rings. The molecule has 2 N–H and O–H groups in total. The number of Topliss-reactive ketones (excluding diaryl/α,β-unsaturated/α-hetero) is 1. The summed E-state index contributed by atoms with van der Waals surface area (Å²) < 4.78 is 0. The number of aryl methyl sites for hydroxylation is 3. The van der Waals surface area contributed by atoms with E-state index >= 15 is 0 Å². The van der Waals surface area contributed by atoms with Gasteiger partial charge in [0.05, 0.1) is 11.3 Å². The van der Waals surface area contributed by atoms with Crippen LogP contribution in [0, 0.1) is 13.8 Å². The van der Waals surface area contributed by atoms with Crippen molar-refractivity contribution >= 4 is 23.3 Å². The Bertz CT molecular complexity index is 1240. The van der Waals surface area contributed by atoms with Gasteiger partial charge in [-0.15, -0.1) is 0 Å². The van der Waals surface area contributed by atoms with Crippen LogP contribution in [-0.2, 0) is 22.4 Å². The molecule has 0 unspecified atom stereocenters. The Hall–Kier alpha value is -4.00. The molecule has 0 radical (unpaired) electrons. The fourth-order valence-corrected chi connectivity index (χ4v) is 4.15. The molecule has 7 heteroatoms. The Balaban J connectivity index is 1.81. The highest BCUT2D eigenvalue weighted by Gasteiger charge is 2.24. The molecule has 1 aliphatic rings. The number of nitrogens with zero attached hydrogens (tertiary/aromatic N) is 2. The van der Waals surface area contributed by atoms with Gasteiger partial charge in [0.2, 0.25) is 5.78 Å². The van der Waals surface area contributed by atoms with Gasteiger partial charge in [0, 0.05) is 36.4 Å². The molecule has 0 spiro atoms. The molecule has 7 nitrogen and oxygen atoms in total. The molecule has 0 bridgehead atoms. The normalized spacial score (nSPS) is 14.1. The number of carbonyl (C=O) groups is 3. The van der Waals surface area contributed by atoms with Gasteiger partial charge in [0.25, 0.3) is 5.91 Å². The summed E-state index contributed by atoms with van der Waals surface area (Å²) >= 11 is 0. The number of rotatable bonds is 9. The first-order valence-corrected chi connectivity index (χ1v) is 11.7. The first-order chi connectivity index (χ1) is 16.8. The van der Waals surface area contributed by atoms with E-state index in [-0.39, 0.29) is 5.56 Å². The number of carboxylic acids is 1. The number of aromatic carboxylic acids is 1. The Morgan fingerprint density at radius 3 is 2.49 bits per heavy atom. The van der Waals surface area contributed by atoms with Gasteiger partial charge in [0.1, 0.15) is 0 Å². The molecule has 1 aliphatic heterocycles. The van der Waals surface area contributed by atoms with Crippen molar-refractivity contribution in [2.45, 2.75) is 47.0 Å². The van der Waals surface area contributed by atoms with E-state index < -0.39 is 17.7 Å². The van der Waals surface area contributed by atoms with Gasteiger partial charge >= 0.3 is 5.97 Å². The summed E-state index contributed by atoms with van der Waals surface area (Å²) in [4.78, 5) is 43.6. The summed E-state index contributed by atoms with van der Waals surface area (Å²) in [5, 5.41) is 12.1. The van der Waals surface area contributed by atoms with E-state index in [1.807, 2.05) is 62.2 Å². The van der Waals surface area contributed by atoms with E-state index in [0.29, 0.717) is 48.3 Å². The van der Waals surface area contributed by atoms with Crippen molar-refractivity contribution in [3.05, 3.63) is 94.1 Å². The Morgan fingerprint density at radius 1 is 1.06 bits per heavy atom. The molecular weight excluding hydrogens is 442 g/mol. The van der Waals surface area contributed by atoms with Crippen LogP contribution in [0.25, 0.3) is 0 Å². The fourth-order valence-electron chi connectivity index (χ4n) is 4.15. The first-order valence-electron chi connectivity index (χ1n) is 11.7. The van der Waals surface area contributed by atoms with E-state index in [0.717, 1.165) is 16.7 Å². The van der Waals surface area contributed by atoms with Crippen molar-refractivity contribution in [1.82, 2.24) is 9.88 Å². The number of allylic oxidation sites excluding steroid dienone is 3. The molecule has 0 saturated heterocycles. The third kappa shape index (κ3) is 5.93. The molecule has 0 fully saturated rings. The van der Waals surface area contributed by atoms with Crippen molar-refractivity contribution in [1.29, 1.82) is 0 Å². The van der Waals surface area contributed by atoms with Gasteiger partial charge in [-0.3, -0.25) is 14.6 Å². The quantitative estimate of drug-likeness (QED) is 0.402. The standard InChI is InChI=1S/C28H31N3O4/c1-5-21-17-29-16-19(4)25(21)30-27(33)26(32)22(6-2)24-9-7-8-13-31(24)14-12-20-10-11-23(28(34)35)18(3)15-20/h7-11,13,15-17H,5-6,12,14H2,1-4H3,(H,34,35)(H,29,30,33)/b24-22+. The predicted molar refractivity (Wildman–Crippen MR) is 136 cm³/mol. The molecule has 0 aliphatic carbocycles. The minimum atomic E-state index is -0.944. The SMILES string of the molecule is CC/C(C(=O)C(=O)Nc1c(C)cncc1CC)=C1/C=CC=CN1CCc1ccc(C(=O)O)c(C)c1. The largest absolute Gasteiger partial charge is 0.478 e.